The SMILES string of the molecule is COc1ccc(C(=O)c2cn([C@]3(F)O[C@H](CO)[C@@H](O)[C@H]3O)c(=O)[nH]c2=O)cc1. The van der Waals surface area contributed by atoms with E-state index >= 15 is 4.39 Å². The molecule has 1 fully saturated rings. The third-order valence-corrected chi connectivity index (χ3v) is 4.43. The number of halogens is 1. The van der Waals surface area contributed by atoms with E-state index < -0.39 is 53.5 Å². The zero-order chi connectivity index (χ0) is 20.6. The molecule has 0 amide bonds. The van der Waals surface area contributed by atoms with Crippen LogP contribution in [0.4, 0.5) is 4.39 Å². The summed E-state index contributed by atoms with van der Waals surface area (Å²) in [7, 11) is 1.43. The molecule has 2 aromatic rings. The van der Waals surface area contributed by atoms with Crippen molar-refractivity contribution in [3.8, 4) is 5.75 Å². The normalized spacial score (nSPS) is 27.0. The van der Waals surface area contributed by atoms with E-state index in [4.69, 9.17) is 14.6 Å². The summed E-state index contributed by atoms with van der Waals surface area (Å²) in [5, 5.41) is 28.8. The molecule has 1 aromatic heterocycles. The molecule has 150 valence electrons. The molecule has 0 aliphatic carbocycles. The number of aromatic amines is 1. The number of ketones is 1. The molecule has 11 heteroatoms. The van der Waals surface area contributed by atoms with Gasteiger partial charge in [-0.05, 0) is 24.3 Å². The Labute approximate surface area is 156 Å². The first kappa shape index (κ1) is 19.9. The Morgan fingerprint density at radius 2 is 1.96 bits per heavy atom. The summed E-state index contributed by atoms with van der Waals surface area (Å²) in [5.41, 5.74) is -2.92. The topological polar surface area (TPSA) is 151 Å². The number of hydrogen-bond acceptors (Lipinski definition) is 8. The van der Waals surface area contributed by atoms with Gasteiger partial charge in [0, 0.05) is 11.8 Å². The van der Waals surface area contributed by atoms with Crippen LogP contribution in [-0.4, -0.2) is 62.7 Å². The van der Waals surface area contributed by atoms with Gasteiger partial charge in [0.1, 0.15) is 23.5 Å². The average Bonchev–Trinajstić information content (AvgIpc) is 2.92. The highest BCUT2D eigenvalue weighted by molar-refractivity contribution is 6.08. The van der Waals surface area contributed by atoms with E-state index in [-0.39, 0.29) is 10.1 Å². The monoisotopic (exact) mass is 396 g/mol. The van der Waals surface area contributed by atoms with Crippen LogP contribution in [-0.2, 0) is 10.7 Å². The summed E-state index contributed by atoms with van der Waals surface area (Å²) < 4.78 is 25.2. The molecule has 1 aliphatic rings. The number of methoxy groups -OCH3 is 1. The first-order valence-corrected chi connectivity index (χ1v) is 8.12. The summed E-state index contributed by atoms with van der Waals surface area (Å²) >= 11 is 0. The molecule has 0 saturated carbocycles. The zero-order valence-electron chi connectivity index (χ0n) is 14.5. The predicted octanol–water partition coefficient (Wildman–Crippen LogP) is -1.53. The van der Waals surface area contributed by atoms with E-state index in [1.165, 1.54) is 31.4 Å². The number of ether oxygens (including phenoxy) is 2. The minimum atomic E-state index is -3.30. The number of nitrogens with zero attached hydrogens (tertiary/aromatic N) is 1. The lowest BCUT2D eigenvalue weighted by molar-refractivity contribution is -0.239. The Kier molecular flexibility index (Phi) is 5.17. The van der Waals surface area contributed by atoms with Gasteiger partial charge in [-0.15, -0.1) is 0 Å². The van der Waals surface area contributed by atoms with Gasteiger partial charge in [0.2, 0.25) is 0 Å². The van der Waals surface area contributed by atoms with Gasteiger partial charge in [0.25, 0.3) is 5.56 Å². The summed E-state index contributed by atoms with van der Waals surface area (Å²) in [5.74, 6) is -3.67. The molecule has 0 bridgehead atoms. The number of carbonyl (C=O) groups is 1. The summed E-state index contributed by atoms with van der Waals surface area (Å²) in [6, 6.07) is 5.68. The van der Waals surface area contributed by atoms with E-state index in [1.807, 2.05) is 0 Å². The second-order valence-electron chi connectivity index (χ2n) is 6.11. The summed E-state index contributed by atoms with van der Waals surface area (Å²) in [6.07, 6.45) is -5.00. The number of alkyl halides is 1. The fourth-order valence-corrected chi connectivity index (χ4v) is 2.87. The van der Waals surface area contributed by atoms with Gasteiger partial charge in [0.15, 0.2) is 11.9 Å². The number of nitrogens with one attached hydrogen (secondary N) is 1. The standard InChI is InChI=1S/C17H17FN2O8/c1-27-9-4-2-8(3-5-9)12(22)10-6-20(16(26)19-15(10)25)17(18)14(24)13(23)11(7-21)28-17/h2-6,11,13-14,21,23-24H,7H2,1H3,(H,19,25,26)/t11-,13-,14-,17+/m1/s1. The van der Waals surface area contributed by atoms with Gasteiger partial charge in [-0.3, -0.25) is 14.6 Å². The van der Waals surface area contributed by atoms with E-state index in [0.29, 0.717) is 11.9 Å². The Bertz CT molecular complexity index is 1000. The zero-order valence-corrected chi connectivity index (χ0v) is 14.5. The van der Waals surface area contributed by atoms with Crippen LogP contribution in [0.25, 0.3) is 0 Å². The molecule has 0 radical (unpaired) electrons. The molecular formula is C17H17FN2O8. The molecule has 1 aliphatic heterocycles. The molecule has 3 rings (SSSR count). The molecule has 4 N–H and O–H groups in total. The second kappa shape index (κ2) is 7.28. The number of aromatic nitrogens is 2. The van der Waals surface area contributed by atoms with Gasteiger partial charge >= 0.3 is 11.7 Å². The van der Waals surface area contributed by atoms with E-state index in [0.717, 1.165) is 0 Å². The minimum absolute atomic E-state index is 0.0607. The van der Waals surface area contributed by atoms with Gasteiger partial charge < -0.3 is 24.8 Å². The van der Waals surface area contributed by atoms with Crippen molar-refractivity contribution in [1.82, 2.24) is 9.55 Å². The highest BCUT2D eigenvalue weighted by atomic mass is 19.2. The Morgan fingerprint density at radius 3 is 2.50 bits per heavy atom. The van der Waals surface area contributed by atoms with E-state index in [1.54, 1.807) is 4.98 Å². The number of rotatable bonds is 5. The van der Waals surface area contributed by atoms with Gasteiger partial charge in [-0.25, -0.2) is 9.36 Å². The highest BCUT2D eigenvalue weighted by Crippen LogP contribution is 2.36. The Morgan fingerprint density at radius 1 is 1.32 bits per heavy atom. The second-order valence-corrected chi connectivity index (χ2v) is 6.11. The van der Waals surface area contributed by atoms with E-state index in [9.17, 15) is 24.6 Å². The van der Waals surface area contributed by atoms with Crippen molar-refractivity contribution in [2.24, 2.45) is 0 Å². The first-order valence-electron chi connectivity index (χ1n) is 8.12. The molecule has 1 aromatic carbocycles. The number of H-pyrrole nitrogens is 1. The van der Waals surface area contributed by atoms with E-state index in [2.05, 4.69) is 0 Å². The molecule has 2 heterocycles. The van der Waals surface area contributed by atoms with Crippen LogP contribution in [0.3, 0.4) is 0 Å². The molecule has 4 atom stereocenters. The lowest BCUT2D eigenvalue weighted by atomic mass is 10.1. The number of carbonyl (C=O) groups excluding carboxylic acids is 1. The molecule has 10 nitrogen and oxygen atoms in total. The van der Waals surface area contributed by atoms with Crippen molar-refractivity contribution >= 4 is 5.78 Å². The predicted molar refractivity (Wildman–Crippen MR) is 90.8 cm³/mol. The number of benzene rings is 1. The van der Waals surface area contributed by atoms with Gasteiger partial charge in [-0.1, -0.05) is 0 Å². The summed E-state index contributed by atoms with van der Waals surface area (Å²) in [6.45, 7) is -0.834. The van der Waals surface area contributed by atoms with Crippen molar-refractivity contribution in [2.75, 3.05) is 13.7 Å². The van der Waals surface area contributed by atoms with Crippen LogP contribution in [0.5, 0.6) is 5.75 Å². The molecule has 0 spiro atoms. The fourth-order valence-electron chi connectivity index (χ4n) is 2.87. The Balaban J connectivity index is 2.07. The van der Waals surface area contributed by atoms with Crippen LogP contribution >= 0.6 is 0 Å². The molecule has 1 saturated heterocycles. The molecular weight excluding hydrogens is 379 g/mol. The third kappa shape index (κ3) is 3.14. The maximum atomic E-state index is 15.2. The quantitative estimate of drug-likeness (QED) is 0.445. The minimum Gasteiger partial charge on any atom is -0.497 e. The number of hydrogen-bond donors (Lipinski definition) is 4. The van der Waals surface area contributed by atoms with Gasteiger partial charge in [-0.2, -0.15) is 4.39 Å². The maximum Gasteiger partial charge on any atom is 0.332 e. The maximum absolute atomic E-state index is 15.2. The van der Waals surface area contributed by atoms with Crippen LogP contribution < -0.4 is 16.0 Å². The third-order valence-electron chi connectivity index (χ3n) is 4.43. The highest BCUT2D eigenvalue weighted by Gasteiger charge is 2.57. The van der Waals surface area contributed by atoms with Crippen molar-refractivity contribution in [3.05, 3.63) is 62.4 Å². The lowest BCUT2D eigenvalue weighted by Gasteiger charge is -2.25. The largest absolute Gasteiger partial charge is 0.497 e. The fraction of sp³-hybridized carbons (Fsp3) is 0.353. The number of aliphatic hydroxyl groups excluding tert-OH is 3. The van der Waals surface area contributed by atoms with Crippen LogP contribution in [0.2, 0.25) is 0 Å². The smallest absolute Gasteiger partial charge is 0.332 e. The first-order chi connectivity index (χ1) is 13.2. The Hall–Kier alpha value is -2.86. The molecule has 28 heavy (non-hydrogen) atoms. The van der Waals surface area contributed by atoms with Crippen molar-refractivity contribution in [1.29, 1.82) is 0 Å². The van der Waals surface area contributed by atoms with Crippen LogP contribution in [0.1, 0.15) is 15.9 Å². The average molecular weight is 396 g/mol. The van der Waals surface area contributed by atoms with Crippen LogP contribution in [0, 0.1) is 0 Å². The van der Waals surface area contributed by atoms with Crippen molar-refractivity contribution in [2.45, 2.75) is 24.3 Å². The van der Waals surface area contributed by atoms with Crippen molar-refractivity contribution in [3.63, 3.8) is 0 Å². The molecule has 0 unspecified atom stereocenters. The number of aliphatic hydroxyl groups is 3. The lowest BCUT2D eigenvalue weighted by Crippen LogP contribution is -2.49. The van der Waals surface area contributed by atoms with Crippen molar-refractivity contribution < 1.29 is 34.0 Å². The van der Waals surface area contributed by atoms with Gasteiger partial charge in [0.05, 0.1) is 13.7 Å². The van der Waals surface area contributed by atoms with Crippen LogP contribution in [0.15, 0.2) is 40.1 Å². The summed E-state index contributed by atoms with van der Waals surface area (Å²) in [4.78, 5) is 38.6.